The molecule has 2 aromatic rings. The average molecular weight is 279 g/mol. The number of hydrogen-bond acceptors (Lipinski definition) is 4. The Morgan fingerprint density at radius 1 is 1.33 bits per heavy atom. The molecular weight excluding hydrogens is 266 g/mol. The Morgan fingerprint density at radius 3 is 2.67 bits per heavy atom. The lowest BCUT2D eigenvalue weighted by molar-refractivity contribution is -0.385. The summed E-state index contributed by atoms with van der Waals surface area (Å²) in [6, 6.07) is 10.5. The van der Waals surface area contributed by atoms with Crippen molar-refractivity contribution >= 4 is 17.3 Å². The molecule has 0 fully saturated rings. The van der Waals surface area contributed by atoms with E-state index >= 15 is 0 Å². The molecule has 104 valence electrons. The first kappa shape index (κ1) is 14.4. The third-order valence-corrected chi connectivity index (χ3v) is 3.02. The van der Waals surface area contributed by atoms with Gasteiger partial charge in [0.2, 0.25) is 0 Å². The van der Waals surface area contributed by atoms with Gasteiger partial charge in [0, 0.05) is 23.5 Å². The number of aryl methyl sites for hydroxylation is 2. The second-order valence-electron chi connectivity index (χ2n) is 4.68. The lowest BCUT2D eigenvalue weighted by Crippen LogP contribution is -1.93. The van der Waals surface area contributed by atoms with Gasteiger partial charge >= 0.3 is 0 Å². The molecule has 0 bridgehead atoms. The lowest BCUT2D eigenvalue weighted by Gasteiger charge is -2.02. The highest BCUT2D eigenvalue weighted by Crippen LogP contribution is 2.25. The van der Waals surface area contributed by atoms with Crippen molar-refractivity contribution in [3.05, 3.63) is 69.0 Å². The summed E-state index contributed by atoms with van der Waals surface area (Å²) < 4.78 is 0. The molecule has 5 nitrogen and oxygen atoms in total. The fraction of sp³-hybridized carbons (Fsp3) is 0.125. The second-order valence-corrected chi connectivity index (χ2v) is 4.68. The summed E-state index contributed by atoms with van der Waals surface area (Å²) in [5.41, 5.74) is 3.12. The van der Waals surface area contributed by atoms with Gasteiger partial charge in [-0.25, -0.2) is 0 Å². The number of hydrogen-bond donors (Lipinski definition) is 0. The summed E-state index contributed by atoms with van der Waals surface area (Å²) in [5.74, 6) is 0. The van der Waals surface area contributed by atoms with E-state index in [4.69, 9.17) is 0 Å². The highest BCUT2D eigenvalue weighted by molar-refractivity contribution is 5.91. The van der Waals surface area contributed by atoms with Crippen molar-refractivity contribution in [2.75, 3.05) is 0 Å². The Morgan fingerprint density at radius 2 is 2.10 bits per heavy atom. The molecule has 21 heavy (non-hydrogen) atoms. The summed E-state index contributed by atoms with van der Waals surface area (Å²) in [6.07, 6.45) is 3.11. The maximum absolute atomic E-state index is 11.1. The van der Waals surface area contributed by atoms with Crippen LogP contribution < -0.4 is 0 Å². The maximum atomic E-state index is 11.1. The van der Waals surface area contributed by atoms with E-state index in [1.165, 1.54) is 12.1 Å². The minimum Gasteiger partial charge on any atom is -0.261 e. The predicted molar refractivity (Wildman–Crippen MR) is 80.3 cm³/mol. The zero-order valence-electron chi connectivity index (χ0n) is 11.7. The molecule has 1 heterocycles. The molecule has 0 aliphatic heterocycles. The van der Waals surface area contributed by atoms with Crippen LogP contribution in [0.25, 0.3) is 11.6 Å². The molecule has 1 aromatic heterocycles. The van der Waals surface area contributed by atoms with E-state index in [0.29, 0.717) is 16.7 Å². The highest BCUT2D eigenvalue weighted by atomic mass is 16.6. The largest absolute Gasteiger partial charge is 0.276 e. The Hall–Kier alpha value is -3.00. The molecule has 0 saturated carbocycles. The van der Waals surface area contributed by atoms with E-state index in [1.807, 2.05) is 13.8 Å². The molecule has 0 N–H and O–H groups in total. The minimum absolute atomic E-state index is 0.0200. The molecule has 1 aromatic carbocycles. The van der Waals surface area contributed by atoms with E-state index in [0.717, 1.165) is 11.3 Å². The van der Waals surface area contributed by atoms with E-state index in [2.05, 4.69) is 11.1 Å². The smallest absolute Gasteiger partial charge is 0.261 e. The number of pyridine rings is 1. The zero-order chi connectivity index (χ0) is 15.4. The molecule has 0 atom stereocenters. The number of nitro groups is 1. The van der Waals surface area contributed by atoms with Crippen LogP contribution >= 0.6 is 0 Å². The molecule has 0 aliphatic rings. The topological polar surface area (TPSA) is 79.8 Å². The van der Waals surface area contributed by atoms with Gasteiger partial charge in [0.25, 0.3) is 5.69 Å². The molecule has 2 rings (SSSR count). The summed E-state index contributed by atoms with van der Waals surface area (Å²) in [6.45, 7) is 3.70. The summed E-state index contributed by atoms with van der Waals surface area (Å²) in [4.78, 5) is 14.8. The van der Waals surface area contributed by atoms with E-state index in [1.54, 1.807) is 30.5 Å². The standard InChI is InChI=1S/C16H13N3O2/c1-11-3-6-16(19(20)21)14(7-11)8-15(9-17)13-5-4-12(2)18-10-13/h3-8,10H,1-2H3/b15-8-. The highest BCUT2D eigenvalue weighted by Gasteiger charge is 2.13. The summed E-state index contributed by atoms with van der Waals surface area (Å²) >= 11 is 0. The van der Waals surface area contributed by atoms with Crippen molar-refractivity contribution in [1.82, 2.24) is 4.98 Å². The van der Waals surface area contributed by atoms with Crippen molar-refractivity contribution in [2.45, 2.75) is 13.8 Å². The average Bonchev–Trinajstić information content (AvgIpc) is 2.45. The Balaban J connectivity index is 2.55. The van der Waals surface area contributed by atoms with Crippen LogP contribution in [-0.4, -0.2) is 9.91 Å². The van der Waals surface area contributed by atoms with Crippen LogP contribution in [0.15, 0.2) is 36.5 Å². The van der Waals surface area contributed by atoms with E-state index in [9.17, 15) is 15.4 Å². The van der Waals surface area contributed by atoms with Gasteiger partial charge in [0.1, 0.15) is 0 Å². The monoisotopic (exact) mass is 279 g/mol. The van der Waals surface area contributed by atoms with Gasteiger partial charge in [0.05, 0.1) is 22.1 Å². The normalized spacial score (nSPS) is 11.0. The Bertz CT molecular complexity index is 756. The lowest BCUT2D eigenvalue weighted by atomic mass is 10.0. The fourth-order valence-corrected chi connectivity index (χ4v) is 1.92. The molecule has 0 unspecified atom stereocenters. The van der Waals surface area contributed by atoms with Crippen LogP contribution in [0.3, 0.4) is 0 Å². The van der Waals surface area contributed by atoms with Gasteiger partial charge < -0.3 is 0 Å². The molecule has 0 saturated heterocycles. The van der Waals surface area contributed by atoms with Crippen molar-refractivity contribution in [2.24, 2.45) is 0 Å². The number of benzene rings is 1. The van der Waals surface area contributed by atoms with Crippen LogP contribution in [0.5, 0.6) is 0 Å². The Labute approximate surface area is 122 Å². The van der Waals surface area contributed by atoms with E-state index < -0.39 is 4.92 Å². The summed E-state index contributed by atoms with van der Waals surface area (Å²) in [5, 5.41) is 20.4. The van der Waals surface area contributed by atoms with Crippen molar-refractivity contribution in [3.63, 3.8) is 0 Å². The first-order chi connectivity index (χ1) is 10.0. The van der Waals surface area contributed by atoms with Crippen LogP contribution in [0.4, 0.5) is 5.69 Å². The van der Waals surface area contributed by atoms with Crippen molar-refractivity contribution in [3.8, 4) is 6.07 Å². The zero-order valence-corrected chi connectivity index (χ0v) is 11.7. The van der Waals surface area contributed by atoms with Gasteiger partial charge in [0.15, 0.2) is 0 Å². The van der Waals surface area contributed by atoms with Crippen LogP contribution in [0, 0.1) is 35.3 Å². The van der Waals surface area contributed by atoms with Crippen molar-refractivity contribution in [1.29, 1.82) is 5.26 Å². The SMILES string of the molecule is Cc1ccc([N+](=O)[O-])c(/C=C(/C#N)c2ccc(C)nc2)c1. The number of nitrogens with zero attached hydrogens (tertiary/aromatic N) is 3. The summed E-state index contributed by atoms with van der Waals surface area (Å²) in [7, 11) is 0. The minimum atomic E-state index is -0.451. The van der Waals surface area contributed by atoms with Gasteiger partial charge in [-0.2, -0.15) is 5.26 Å². The van der Waals surface area contributed by atoms with Crippen LogP contribution in [0.1, 0.15) is 22.4 Å². The van der Waals surface area contributed by atoms with Gasteiger partial charge in [-0.15, -0.1) is 0 Å². The number of rotatable bonds is 3. The predicted octanol–water partition coefficient (Wildman–Crippen LogP) is 3.67. The molecular formula is C16H13N3O2. The number of nitro benzene ring substituents is 1. The Kier molecular flexibility index (Phi) is 4.10. The second kappa shape index (κ2) is 5.97. The van der Waals surface area contributed by atoms with Gasteiger partial charge in [-0.3, -0.25) is 15.1 Å². The number of aromatic nitrogens is 1. The molecule has 0 radical (unpaired) electrons. The first-order valence-corrected chi connectivity index (χ1v) is 6.31. The van der Waals surface area contributed by atoms with Crippen molar-refractivity contribution < 1.29 is 4.92 Å². The first-order valence-electron chi connectivity index (χ1n) is 6.31. The quantitative estimate of drug-likeness (QED) is 0.487. The van der Waals surface area contributed by atoms with Gasteiger partial charge in [-0.05, 0) is 32.1 Å². The molecule has 0 amide bonds. The van der Waals surface area contributed by atoms with Crippen LogP contribution in [0.2, 0.25) is 0 Å². The van der Waals surface area contributed by atoms with Gasteiger partial charge in [-0.1, -0.05) is 17.7 Å². The van der Waals surface area contributed by atoms with E-state index in [-0.39, 0.29) is 5.69 Å². The third-order valence-electron chi connectivity index (χ3n) is 3.02. The fourth-order valence-electron chi connectivity index (χ4n) is 1.92. The molecule has 0 aliphatic carbocycles. The number of allylic oxidation sites excluding steroid dienone is 1. The van der Waals surface area contributed by atoms with Crippen LogP contribution in [-0.2, 0) is 0 Å². The number of nitriles is 1. The molecule has 0 spiro atoms. The third kappa shape index (κ3) is 3.31. The maximum Gasteiger partial charge on any atom is 0.276 e. The molecule has 5 heteroatoms.